The third-order valence-electron chi connectivity index (χ3n) is 14.7. The van der Waals surface area contributed by atoms with E-state index in [4.69, 9.17) is 14.2 Å². The molecule has 0 aromatic heterocycles. The molecule has 0 saturated heterocycles. The number of carbonyl (C=O) groups is 3. The van der Waals surface area contributed by atoms with Crippen LogP contribution >= 0.6 is 0 Å². The van der Waals surface area contributed by atoms with E-state index in [0.29, 0.717) is 19.3 Å². The van der Waals surface area contributed by atoms with Crippen LogP contribution in [-0.2, 0) is 28.6 Å². The van der Waals surface area contributed by atoms with Crippen molar-refractivity contribution < 1.29 is 28.6 Å². The molecule has 1 unspecified atom stereocenters. The summed E-state index contributed by atoms with van der Waals surface area (Å²) in [6, 6.07) is 0. The van der Waals surface area contributed by atoms with Gasteiger partial charge in [0.1, 0.15) is 13.2 Å². The highest BCUT2D eigenvalue weighted by molar-refractivity contribution is 5.71. The number of ether oxygens (including phenoxy) is 3. The van der Waals surface area contributed by atoms with Crippen molar-refractivity contribution in [3.63, 3.8) is 0 Å². The van der Waals surface area contributed by atoms with E-state index in [1.54, 1.807) is 0 Å². The standard InChI is InChI=1S/C77H128O6/c1-4-7-10-13-16-19-22-25-28-31-34-36-37-38-39-41-43-46-49-52-55-58-61-64-67-70-76(79)82-73-74(72-81-75(78)69-66-63-60-57-54-51-48-45-42-33-30-27-24-21-18-15-12-9-6-3)83-77(80)71-68-65-62-59-56-53-50-47-44-40-35-32-29-26-23-20-17-14-11-8-5-2/h8-9,11-12,17-18,20-21,26-27,29-30,35,40,42,45,47,50-51,54,56,59,74H,4-7,10,13-16,19,22-25,28,31-34,36-39,41,43-44,46,48-49,52-53,55,57-58,60-73H2,1-3H3/b11-8-,12-9-,20-17-,21-18-,29-26-,30-27-,40-35-,45-42-,50-47-,54-51-,59-56-. The Bertz CT molecular complexity index is 1750. The predicted molar refractivity (Wildman–Crippen MR) is 362 cm³/mol. The largest absolute Gasteiger partial charge is 0.462 e. The first kappa shape index (κ1) is 78.5. The second kappa shape index (κ2) is 70.0. The smallest absolute Gasteiger partial charge is 0.306 e. The predicted octanol–water partition coefficient (Wildman–Crippen LogP) is 24.1. The molecular formula is C77H128O6. The van der Waals surface area contributed by atoms with Crippen molar-refractivity contribution in [3.8, 4) is 0 Å². The maximum atomic E-state index is 12.9. The summed E-state index contributed by atoms with van der Waals surface area (Å²) in [6.45, 7) is 6.38. The molecule has 0 bridgehead atoms. The van der Waals surface area contributed by atoms with Crippen molar-refractivity contribution in [1.29, 1.82) is 0 Å². The highest BCUT2D eigenvalue weighted by Gasteiger charge is 2.19. The van der Waals surface area contributed by atoms with Gasteiger partial charge in [-0.15, -0.1) is 0 Å². The number of esters is 3. The van der Waals surface area contributed by atoms with Crippen LogP contribution in [0.15, 0.2) is 134 Å². The van der Waals surface area contributed by atoms with E-state index in [2.05, 4.69) is 154 Å². The lowest BCUT2D eigenvalue weighted by atomic mass is 10.0. The quantitative estimate of drug-likeness (QED) is 0.0261. The van der Waals surface area contributed by atoms with Crippen molar-refractivity contribution in [2.45, 2.75) is 322 Å². The van der Waals surface area contributed by atoms with Crippen LogP contribution < -0.4 is 0 Å². The van der Waals surface area contributed by atoms with Crippen LogP contribution in [0.2, 0.25) is 0 Å². The van der Waals surface area contributed by atoms with Gasteiger partial charge in [0, 0.05) is 19.3 Å². The Morgan fingerprint density at radius 3 is 0.759 bits per heavy atom. The second-order valence-corrected chi connectivity index (χ2v) is 22.7. The van der Waals surface area contributed by atoms with Crippen LogP contribution in [0.25, 0.3) is 0 Å². The van der Waals surface area contributed by atoms with E-state index in [9.17, 15) is 14.4 Å². The summed E-state index contributed by atoms with van der Waals surface area (Å²) in [5.74, 6) is -0.977. The van der Waals surface area contributed by atoms with Crippen molar-refractivity contribution in [3.05, 3.63) is 134 Å². The molecular weight excluding hydrogens is 1020 g/mol. The maximum absolute atomic E-state index is 12.9. The molecule has 0 amide bonds. The van der Waals surface area contributed by atoms with Gasteiger partial charge >= 0.3 is 17.9 Å². The van der Waals surface area contributed by atoms with Gasteiger partial charge in [-0.25, -0.2) is 0 Å². The number of allylic oxidation sites excluding steroid dienone is 22. The summed E-state index contributed by atoms with van der Waals surface area (Å²) in [4.78, 5) is 38.4. The third-order valence-corrected chi connectivity index (χ3v) is 14.7. The zero-order valence-corrected chi connectivity index (χ0v) is 54.2. The first-order valence-corrected chi connectivity index (χ1v) is 34.7. The van der Waals surface area contributed by atoms with E-state index in [1.807, 2.05) is 0 Å². The van der Waals surface area contributed by atoms with Crippen LogP contribution in [-0.4, -0.2) is 37.2 Å². The molecule has 472 valence electrons. The fourth-order valence-corrected chi connectivity index (χ4v) is 9.53. The number of hydrogen-bond donors (Lipinski definition) is 0. The summed E-state index contributed by atoms with van der Waals surface area (Å²) < 4.78 is 16.9. The van der Waals surface area contributed by atoms with E-state index >= 15 is 0 Å². The van der Waals surface area contributed by atoms with Crippen molar-refractivity contribution in [1.82, 2.24) is 0 Å². The molecule has 0 aliphatic rings. The van der Waals surface area contributed by atoms with E-state index in [-0.39, 0.29) is 37.5 Å². The molecule has 6 heteroatoms. The molecule has 0 rings (SSSR count). The van der Waals surface area contributed by atoms with Crippen LogP contribution in [0.4, 0.5) is 0 Å². The zero-order valence-electron chi connectivity index (χ0n) is 54.2. The van der Waals surface area contributed by atoms with Gasteiger partial charge in [0.05, 0.1) is 0 Å². The molecule has 0 N–H and O–H groups in total. The Balaban J connectivity index is 4.46. The summed E-state index contributed by atoms with van der Waals surface area (Å²) >= 11 is 0. The molecule has 0 aliphatic heterocycles. The van der Waals surface area contributed by atoms with Gasteiger partial charge in [0.2, 0.25) is 0 Å². The molecule has 0 saturated carbocycles. The van der Waals surface area contributed by atoms with Gasteiger partial charge in [0.15, 0.2) is 6.10 Å². The van der Waals surface area contributed by atoms with Crippen LogP contribution in [0.1, 0.15) is 316 Å². The van der Waals surface area contributed by atoms with Crippen LogP contribution in [0, 0.1) is 0 Å². The number of carbonyl (C=O) groups excluding carboxylic acids is 3. The molecule has 0 heterocycles. The summed E-state index contributed by atoms with van der Waals surface area (Å²) in [5.41, 5.74) is 0. The molecule has 0 radical (unpaired) electrons. The topological polar surface area (TPSA) is 78.9 Å². The SMILES string of the molecule is CC/C=C\C/C=C\C/C=C\C/C=C\C/C=C\C/C=C\CCCCC(=O)OC(COC(=O)CCCCC/C=C\C/C=C\C/C=C\C/C=C\C/C=C\CC)COC(=O)CCCCCCCCCCCCCCCCCCCCCCCCCCC. The van der Waals surface area contributed by atoms with E-state index in [1.165, 1.54) is 141 Å². The van der Waals surface area contributed by atoms with Gasteiger partial charge in [-0.2, -0.15) is 0 Å². The number of rotatable bonds is 62. The third kappa shape index (κ3) is 68.2. The molecule has 0 aromatic rings. The molecule has 0 spiro atoms. The molecule has 0 aromatic carbocycles. The summed E-state index contributed by atoms with van der Waals surface area (Å²) in [6.07, 6.45) is 99.1. The Morgan fingerprint density at radius 2 is 0.470 bits per heavy atom. The summed E-state index contributed by atoms with van der Waals surface area (Å²) in [7, 11) is 0. The Hall–Kier alpha value is -4.45. The van der Waals surface area contributed by atoms with Crippen LogP contribution in [0.3, 0.4) is 0 Å². The molecule has 6 nitrogen and oxygen atoms in total. The zero-order chi connectivity index (χ0) is 59.9. The average molecular weight is 1150 g/mol. The highest BCUT2D eigenvalue weighted by atomic mass is 16.6. The molecule has 1 atom stereocenters. The van der Waals surface area contributed by atoms with Crippen molar-refractivity contribution >= 4 is 17.9 Å². The summed E-state index contributed by atoms with van der Waals surface area (Å²) in [5, 5.41) is 0. The van der Waals surface area contributed by atoms with Gasteiger partial charge in [-0.1, -0.05) is 315 Å². The van der Waals surface area contributed by atoms with Crippen LogP contribution in [0.5, 0.6) is 0 Å². The average Bonchev–Trinajstić information content (AvgIpc) is 3.50. The minimum Gasteiger partial charge on any atom is -0.462 e. The molecule has 83 heavy (non-hydrogen) atoms. The van der Waals surface area contributed by atoms with Gasteiger partial charge in [-0.05, 0) is 116 Å². The normalized spacial score (nSPS) is 13.0. The first-order chi connectivity index (χ1) is 41.0. The fourth-order valence-electron chi connectivity index (χ4n) is 9.53. The lowest BCUT2D eigenvalue weighted by Gasteiger charge is -2.18. The molecule has 0 aliphatic carbocycles. The number of hydrogen-bond acceptors (Lipinski definition) is 6. The van der Waals surface area contributed by atoms with E-state index in [0.717, 1.165) is 128 Å². The second-order valence-electron chi connectivity index (χ2n) is 22.7. The Labute approximate surface area is 513 Å². The van der Waals surface area contributed by atoms with Crippen molar-refractivity contribution in [2.75, 3.05) is 13.2 Å². The maximum Gasteiger partial charge on any atom is 0.306 e. The monoisotopic (exact) mass is 1150 g/mol. The Morgan fingerprint density at radius 1 is 0.253 bits per heavy atom. The fraction of sp³-hybridized carbons (Fsp3) is 0.675. The number of unbranched alkanes of at least 4 members (excludes halogenated alkanes) is 29. The lowest BCUT2D eigenvalue weighted by molar-refractivity contribution is -0.167. The van der Waals surface area contributed by atoms with Gasteiger partial charge in [-0.3, -0.25) is 14.4 Å². The lowest BCUT2D eigenvalue weighted by Crippen LogP contribution is -2.30. The minimum atomic E-state index is -0.821. The first-order valence-electron chi connectivity index (χ1n) is 34.7. The highest BCUT2D eigenvalue weighted by Crippen LogP contribution is 2.17. The Kier molecular flexibility index (Phi) is 66.3. The van der Waals surface area contributed by atoms with Gasteiger partial charge in [0.25, 0.3) is 0 Å². The van der Waals surface area contributed by atoms with E-state index < -0.39 is 6.10 Å². The molecule has 0 fully saturated rings. The van der Waals surface area contributed by atoms with Crippen molar-refractivity contribution in [2.24, 2.45) is 0 Å². The minimum absolute atomic E-state index is 0.108. The van der Waals surface area contributed by atoms with Gasteiger partial charge < -0.3 is 14.2 Å².